The van der Waals surface area contributed by atoms with Crippen LogP contribution in [0.5, 0.6) is 0 Å². The van der Waals surface area contributed by atoms with Crippen molar-refractivity contribution in [3.8, 4) is 0 Å². The van der Waals surface area contributed by atoms with Gasteiger partial charge in [-0.1, -0.05) is 28.9 Å². The highest BCUT2D eigenvalue weighted by Crippen LogP contribution is 2.14. The van der Waals surface area contributed by atoms with Crippen molar-refractivity contribution in [2.75, 3.05) is 6.61 Å². The summed E-state index contributed by atoms with van der Waals surface area (Å²) in [6, 6.07) is 0. The Morgan fingerprint density at radius 1 is 0.950 bits per heavy atom. The maximum atomic E-state index is 11.6. The zero-order valence-electron chi connectivity index (χ0n) is 14.0. The van der Waals surface area contributed by atoms with E-state index in [0.29, 0.717) is 6.61 Å². The highest BCUT2D eigenvalue weighted by atomic mass is 16.5. The van der Waals surface area contributed by atoms with Gasteiger partial charge in [0.2, 0.25) is 0 Å². The van der Waals surface area contributed by atoms with Gasteiger partial charge in [0.25, 0.3) is 0 Å². The molecule has 114 valence electrons. The summed E-state index contributed by atoms with van der Waals surface area (Å²) in [4.78, 5) is 11.6. The Kier molecular flexibility index (Phi) is 9.79. The molecule has 0 aliphatic carbocycles. The second-order valence-electron chi connectivity index (χ2n) is 5.54. The first-order valence-electron chi connectivity index (χ1n) is 7.50. The number of hydrogen-bond acceptors (Lipinski definition) is 2. The van der Waals surface area contributed by atoms with Gasteiger partial charge in [0.05, 0.1) is 6.61 Å². The quantitative estimate of drug-likeness (QED) is 0.339. The third kappa shape index (κ3) is 8.73. The Balaban J connectivity index is 4.24. The number of carbonyl (C=O) groups excluding carboxylic acids is 1. The van der Waals surface area contributed by atoms with Crippen molar-refractivity contribution >= 4 is 5.97 Å². The van der Waals surface area contributed by atoms with Crippen molar-refractivity contribution in [1.82, 2.24) is 0 Å². The number of allylic oxidation sites excluding steroid dienone is 5. The van der Waals surface area contributed by atoms with Gasteiger partial charge < -0.3 is 4.74 Å². The minimum atomic E-state index is -0.186. The van der Waals surface area contributed by atoms with E-state index < -0.39 is 0 Å². The first-order valence-corrected chi connectivity index (χ1v) is 7.50. The molecule has 0 aromatic carbocycles. The van der Waals surface area contributed by atoms with Crippen LogP contribution in [0.3, 0.4) is 0 Å². The molecule has 2 nitrogen and oxygen atoms in total. The second kappa shape index (κ2) is 10.5. The average Bonchev–Trinajstić information content (AvgIpc) is 2.37. The van der Waals surface area contributed by atoms with Crippen LogP contribution < -0.4 is 0 Å². The van der Waals surface area contributed by atoms with E-state index in [-0.39, 0.29) is 5.97 Å². The van der Waals surface area contributed by atoms with Gasteiger partial charge in [0.1, 0.15) is 0 Å². The molecular formula is C18H30O2. The average molecular weight is 278 g/mol. The molecule has 0 amide bonds. The minimum Gasteiger partial charge on any atom is -0.463 e. The van der Waals surface area contributed by atoms with Gasteiger partial charge in [0, 0.05) is 5.57 Å². The summed E-state index contributed by atoms with van der Waals surface area (Å²) < 4.78 is 5.01. The number of hydrogen-bond donors (Lipinski definition) is 0. The summed E-state index contributed by atoms with van der Waals surface area (Å²) >= 11 is 0. The fourth-order valence-corrected chi connectivity index (χ4v) is 1.83. The molecule has 0 atom stereocenters. The van der Waals surface area contributed by atoms with E-state index >= 15 is 0 Å². The normalized spacial score (nSPS) is 12.8. The van der Waals surface area contributed by atoms with Gasteiger partial charge in [-0.15, -0.1) is 0 Å². The van der Waals surface area contributed by atoms with Crippen molar-refractivity contribution in [1.29, 1.82) is 0 Å². The zero-order valence-corrected chi connectivity index (χ0v) is 14.0. The van der Waals surface area contributed by atoms with E-state index in [2.05, 4.69) is 32.9 Å². The predicted molar refractivity (Wildman–Crippen MR) is 86.7 cm³/mol. The van der Waals surface area contributed by atoms with E-state index in [9.17, 15) is 4.79 Å². The van der Waals surface area contributed by atoms with Gasteiger partial charge in [0.15, 0.2) is 0 Å². The molecule has 0 aromatic rings. The highest BCUT2D eigenvalue weighted by molar-refractivity contribution is 5.88. The lowest BCUT2D eigenvalue weighted by Crippen LogP contribution is -2.07. The molecule has 0 aliphatic rings. The van der Waals surface area contributed by atoms with Crippen molar-refractivity contribution in [2.24, 2.45) is 0 Å². The van der Waals surface area contributed by atoms with Crippen LogP contribution in [0.4, 0.5) is 0 Å². The van der Waals surface area contributed by atoms with E-state index in [1.807, 2.05) is 20.8 Å². The summed E-state index contributed by atoms with van der Waals surface area (Å²) in [6.07, 6.45) is 8.69. The number of rotatable bonds is 8. The highest BCUT2D eigenvalue weighted by Gasteiger charge is 2.07. The van der Waals surface area contributed by atoms with Crippen LogP contribution in [-0.2, 0) is 9.53 Å². The molecule has 0 saturated carbocycles. The smallest absolute Gasteiger partial charge is 0.333 e. The maximum absolute atomic E-state index is 11.6. The third-order valence-corrected chi connectivity index (χ3v) is 3.33. The topological polar surface area (TPSA) is 26.3 Å². The molecule has 0 unspecified atom stereocenters. The van der Waals surface area contributed by atoms with Gasteiger partial charge in [-0.25, -0.2) is 4.79 Å². The molecule has 2 heteroatoms. The molecule has 0 rings (SSSR count). The van der Waals surface area contributed by atoms with E-state index in [1.54, 1.807) is 0 Å². The zero-order chi connectivity index (χ0) is 15.5. The van der Waals surface area contributed by atoms with Crippen LogP contribution in [0.15, 0.2) is 34.4 Å². The van der Waals surface area contributed by atoms with Crippen molar-refractivity contribution in [3.63, 3.8) is 0 Å². The van der Waals surface area contributed by atoms with Crippen LogP contribution in [0.25, 0.3) is 0 Å². The second-order valence-corrected chi connectivity index (χ2v) is 5.54. The molecule has 0 heterocycles. The van der Waals surface area contributed by atoms with Gasteiger partial charge in [-0.05, 0) is 67.2 Å². The van der Waals surface area contributed by atoms with Crippen LogP contribution >= 0.6 is 0 Å². The molecule has 20 heavy (non-hydrogen) atoms. The van der Waals surface area contributed by atoms with Crippen LogP contribution in [0, 0.1) is 0 Å². The minimum absolute atomic E-state index is 0.186. The third-order valence-electron chi connectivity index (χ3n) is 3.33. The first kappa shape index (κ1) is 18.7. The molecule has 0 bridgehead atoms. The van der Waals surface area contributed by atoms with E-state index in [1.165, 1.54) is 11.1 Å². The maximum Gasteiger partial charge on any atom is 0.333 e. The van der Waals surface area contributed by atoms with Crippen LogP contribution in [0.1, 0.15) is 67.2 Å². The molecule has 0 saturated heterocycles. The summed E-state index contributed by atoms with van der Waals surface area (Å²) in [5.41, 5.74) is 4.67. The largest absolute Gasteiger partial charge is 0.463 e. The number of carbonyl (C=O) groups is 1. The fourth-order valence-electron chi connectivity index (χ4n) is 1.83. The number of ether oxygens (including phenoxy) is 1. The lowest BCUT2D eigenvalue weighted by atomic mass is 10.0. The molecule has 0 fully saturated rings. The van der Waals surface area contributed by atoms with Gasteiger partial charge in [-0.2, -0.15) is 0 Å². The predicted octanol–water partition coefficient (Wildman–Crippen LogP) is 5.36. The summed E-state index contributed by atoms with van der Waals surface area (Å²) in [5, 5.41) is 0. The monoisotopic (exact) mass is 278 g/mol. The van der Waals surface area contributed by atoms with Gasteiger partial charge >= 0.3 is 5.97 Å². The Bertz CT molecular complexity index is 394. The van der Waals surface area contributed by atoms with Crippen molar-refractivity contribution in [2.45, 2.75) is 67.2 Å². The Morgan fingerprint density at radius 2 is 1.55 bits per heavy atom. The summed E-state index contributed by atoms with van der Waals surface area (Å²) in [6.45, 7) is 12.6. The lowest BCUT2D eigenvalue weighted by molar-refractivity contribution is -0.138. The summed E-state index contributed by atoms with van der Waals surface area (Å²) in [7, 11) is 0. The standard InChI is InChI=1S/C18H30O2/c1-7-20-18(19)17(6)16(5)13-9-12-15(4)11-8-10-14(2)3/h10,12H,7-9,11,13H2,1-6H3. The molecule has 0 aromatic heterocycles. The number of esters is 1. The fraction of sp³-hybridized carbons (Fsp3) is 0.611. The Hall–Kier alpha value is -1.31. The summed E-state index contributed by atoms with van der Waals surface area (Å²) in [5.74, 6) is -0.186. The molecule has 0 N–H and O–H groups in total. The first-order chi connectivity index (χ1) is 9.38. The van der Waals surface area contributed by atoms with E-state index in [0.717, 1.165) is 36.8 Å². The van der Waals surface area contributed by atoms with Crippen LogP contribution in [-0.4, -0.2) is 12.6 Å². The molecule has 0 spiro atoms. The Labute approximate surface area is 124 Å². The molecule has 0 radical (unpaired) electrons. The van der Waals surface area contributed by atoms with Gasteiger partial charge in [-0.3, -0.25) is 0 Å². The SMILES string of the molecule is CCOC(=O)C(C)=C(C)CCC=C(C)CCC=C(C)C. The molecule has 0 aliphatic heterocycles. The lowest BCUT2D eigenvalue weighted by Gasteiger charge is -2.06. The van der Waals surface area contributed by atoms with Crippen molar-refractivity contribution < 1.29 is 9.53 Å². The van der Waals surface area contributed by atoms with Crippen molar-refractivity contribution in [3.05, 3.63) is 34.4 Å². The Morgan fingerprint density at radius 3 is 2.10 bits per heavy atom. The van der Waals surface area contributed by atoms with E-state index in [4.69, 9.17) is 4.74 Å². The molecular weight excluding hydrogens is 248 g/mol. The van der Waals surface area contributed by atoms with Crippen LogP contribution in [0.2, 0.25) is 0 Å².